The third-order valence-electron chi connectivity index (χ3n) is 17.2. The molecule has 460 valence electrons. The van der Waals surface area contributed by atoms with Crippen LogP contribution < -0.4 is 5.32 Å². The highest BCUT2D eigenvalue weighted by Crippen LogP contribution is 2.20. The number of aliphatic hydroxyl groups is 2. The summed E-state index contributed by atoms with van der Waals surface area (Å²) in [7, 11) is 0. The Kier molecular flexibility index (Phi) is 66.4. The lowest BCUT2D eigenvalue weighted by molar-refractivity contribution is -0.143. The first-order valence-corrected chi connectivity index (χ1v) is 35.8. The van der Waals surface area contributed by atoms with Crippen LogP contribution in [-0.4, -0.2) is 47.4 Å². The van der Waals surface area contributed by atoms with Crippen molar-refractivity contribution in [3.05, 3.63) is 0 Å². The molecule has 3 N–H and O–H groups in total. The summed E-state index contributed by atoms with van der Waals surface area (Å²) in [5.74, 6) is -0.00219. The van der Waals surface area contributed by atoms with Crippen molar-refractivity contribution in [2.24, 2.45) is 0 Å². The monoisotopic (exact) mass is 1090 g/mol. The smallest absolute Gasteiger partial charge is 0.305 e. The molecule has 0 saturated heterocycles. The summed E-state index contributed by atoms with van der Waals surface area (Å²) in [5, 5.41) is 23.2. The molecule has 0 aliphatic carbocycles. The van der Waals surface area contributed by atoms with Crippen molar-refractivity contribution in [1.82, 2.24) is 5.32 Å². The fourth-order valence-corrected chi connectivity index (χ4v) is 11.7. The van der Waals surface area contributed by atoms with Crippen molar-refractivity contribution in [2.45, 2.75) is 431 Å². The van der Waals surface area contributed by atoms with Gasteiger partial charge in [0.05, 0.1) is 25.4 Å². The number of unbranched alkanes of at least 4 members (excludes halogenated alkanes) is 57. The Hall–Kier alpha value is -1.14. The SMILES string of the molecule is CCCCCCCCCCCCCCCCCCC(=O)OCCCCCCCCCCCCCCCCCCCCCCCCCCCCCCCCCCCC(=O)NC(CO)C(O)CCCCCCCCCCCCC. The quantitative estimate of drug-likeness (QED) is 0.0417. The molecule has 0 aromatic heterocycles. The zero-order valence-corrected chi connectivity index (χ0v) is 52.7. The molecule has 77 heavy (non-hydrogen) atoms. The Bertz CT molecular complexity index is 1120. The Morgan fingerprint density at radius 3 is 0.792 bits per heavy atom. The van der Waals surface area contributed by atoms with Gasteiger partial charge < -0.3 is 20.3 Å². The highest BCUT2D eigenvalue weighted by Gasteiger charge is 2.20. The summed E-state index contributed by atoms with van der Waals surface area (Å²) in [6.45, 7) is 4.99. The molecule has 0 aliphatic rings. The van der Waals surface area contributed by atoms with E-state index in [1.165, 1.54) is 347 Å². The molecular formula is C71H141NO5. The summed E-state index contributed by atoms with van der Waals surface area (Å²) in [6, 6.07) is -0.535. The number of esters is 1. The molecule has 0 fully saturated rings. The largest absolute Gasteiger partial charge is 0.466 e. The van der Waals surface area contributed by atoms with Gasteiger partial charge in [-0.2, -0.15) is 0 Å². The summed E-state index contributed by atoms with van der Waals surface area (Å²) in [5.41, 5.74) is 0. The number of rotatable bonds is 68. The zero-order chi connectivity index (χ0) is 55.7. The molecule has 6 nitrogen and oxygen atoms in total. The molecule has 2 unspecified atom stereocenters. The van der Waals surface area contributed by atoms with Gasteiger partial charge in [-0.15, -0.1) is 0 Å². The van der Waals surface area contributed by atoms with E-state index in [2.05, 4.69) is 19.2 Å². The minimum atomic E-state index is -0.658. The number of nitrogens with one attached hydrogen (secondary N) is 1. The summed E-state index contributed by atoms with van der Waals surface area (Å²) in [4.78, 5) is 24.6. The van der Waals surface area contributed by atoms with Crippen LogP contribution in [0.4, 0.5) is 0 Å². The predicted molar refractivity (Wildman–Crippen MR) is 338 cm³/mol. The average molecular weight is 1090 g/mol. The van der Waals surface area contributed by atoms with Crippen LogP contribution in [0.1, 0.15) is 418 Å². The van der Waals surface area contributed by atoms with Crippen LogP contribution in [0.3, 0.4) is 0 Å². The van der Waals surface area contributed by atoms with Crippen molar-refractivity contribution < 1.29 is 24.5 Å². The standard InChI is InChI=1S/C71H141NO5/c1-3-5-7-9-11-13-15-16-17-38-41-45-49-53-57-61-65-71(76)77-66-62-58-54-50-46-42-39-36-34-32-30-28-26-24-22-20-18-19-21-23-25-27-29-31-33-35-37-40-44-48-52-56-60-64-70(75)72-68(67-73)69(74)63-59-55-51-47-43-14-12-10-8-6-4-2/h68-69,73-74H,3-67H2,1-2H3,(H,72,75). The van der Waals surface area contributed by atoms with Crippen LogP contribution in [-0.2, 0) is 14.3 Å². The van der Waals surface area contributed by atoms with E-state index in [4.69, 9.17) is 4.74 Å². The van der Waals surface area contributed by atoms with Gasteiger partial charge in [0, 0.05) is 12.8 Å². The minimum absolute atomic E-state index is 0.0263. The third-order valence-corrected chi connectivity index (χ3v) is 17.2. The van der Waals surface area contributed by atoms with Gasteiger partial charge in [0.2, 0.25) is 5.91 Å². The van der Waals surface area contributed by atoms with Crippen LogP contribution >= 0.6 is 0 Å². The number of hydrogen-bond acceptors (Lipinski definition) is 5. The van der Waals surface area contributed by atoms with Crippen LogP contribution in [0.2, 0.25) is 0 Å². The summed E-state index contributed by atoms with van der Waals surface area (Å²) < 4.78 is 5.51. The Labute approximate surface area is 483 Å². The van der Waals surface area contributed by atoms with E-state index >= 15 is 0 Å². The number of carbonyl (C=O) groups is 2. The second-order valence-corrected chi connectivity index (χ2v) is 24.9. The first-order chi connectivity index (χ1) is 38.0. The van der Waals surface area contributed by atoms with E-state index < -0.39 is 12.1 Å². The highest BCUT2D eigenvalue weighted by atomic mass is 16.5. The third kappa shape index (κ3) is 63.9. The molecule has 0 aromatic carbocycles. The maximum Gasteiger partial charge on any atom is 0.305 e. The fourth-order valence-electron chi connectivity index (χ4n) is 11.7. The Morgan fingerprint density at radius 2 is 0.532 bits per heavy atom. The number of ether oxygens (including phenoxy) is 1. The molecule has 0 radical (unpaired) electrons. The highest BCUT2D eigenvalue weighted by molar-refractivity contribution is 5.76. The molecule has 0 saturated carbocycles. The molecule has 1 amide bonds. The maximum absolute atomic E-state index is 12.5. The van der Waals surface area contributed by atoms with E-state index in [1.54, 1.807) is 0 Å². The van der Waals surface area contributed by atoms with Crippen molar-refractivity contribution in [2.75, 3.05) is 13.2 Å². The van der Waals surface area contributed by atoms with Gasteiger partial charge in [-0.05, 0) is 25.7 Å². The second kappa shape index (κ2) is 67.4. The molecule has 0 aromatic rings. The van der Waals surface area contributed by atoms with Crippen molar-refractivity contribution >= 4 is 11.9 Å². The molecule has 0 bridgehead atoms. The van der Waals surface area contributed by atoms with Gasteiger partial charge >= 0.3 is 5.97 Å². The predicted octanol–water partition coefficient (Wildman–Crippen LogP) is 23.0. The van der Waals surface area contributed by atoms with E-state index in [1.807, 2.05) is 0 Å². The van der Waals surface area contributed by atoms with Crippen LogP contribution in [0.15, 0.2) is 0 Å². The van der Waals surface area contributed by atoms with Crippen LogP contribution in [0, 0.1) is 0 Å². The molecule has 6 heteroatoms. The second-order valence-electron chi connectivity index (χ2n) is 24.9. The number of hydrogen-bond donors (Lipinski definition) is 3. The lowest BCUT2D eigenvalue weighted by atomic mass is 10.0. The van der Waals surface area contributed by atoms with Crippen LogP contribution in [0.25, 0.3) is 0 Å². The minimum Gasteiger partial charge on any atom is -0.466 e. The van der Waals surface area contributed by atoms with Gasteiger partial charge in [0.1, 0.15) is 0 Å². The maximum atomic E-state index is 12.5. The molecule has 0 spiro atoms. The van der Waals surface area contributed by atoms with Crippen molar-refractivity contribution in [1.29, 1.82) is 0 Å². The average Bonchev–Trinajstić information content (AvgIpc) is 3.43. The molecule has 0 aliphatic heterocycles. The van der Waals surface area contributed by atoms with Gasteiger partial charge in [-0.3, -0.25) is 9.59 Å². The number of aliphatic hydroxyl groups excluding tert-OH is 2. The van der Waals surface area contributed by atoms with E-state index in [9.17, 15) is 19.8 Å². The summed E-state index contributed by atoms with van der Waals surface area (Å²) in [6.07, 6.45) is 81.8. The lowest BCUT2D eigenvalue weighted by Crippen LogP contribution is -2.45. The first-order valence-electron chi connectivity index (χ1n) is 35.8. The van der Waals surface area contributed by atoms with Gasteiger partial charge in [0.25, 0.3) is 0 Å². The Morgan fingerprint density at radius 1 is 0.312 bits per heavy atom. The molecule has 0 heterocycles. The molecule has 0 rings (SSSR count). The molecule has 2 atom stereocenters. The van der Waals surface area contributed by atoms with E-state index in [0.29, 0.717) is 25.9 Å². The fraction of sp³-hybridized carbons (Fsp3) is 0.972. The van der Waals surface area contributed by atoms with E-state index in [-0.39, 0.29) is 18.5 Å². The van der Waals surface area contributed by atoms with Crippen LogP contribution in [0.5, 0.6) is 0 Å². The van der Waals surface area contributed by atoms with Crippen molar-refractivity contribution in [3.63, 3.8) is 0 Å². The normalized spacial score (nSPS) is 12.4. The topological polar surface area (TPSA) is 95.9 Å². The first kappa shape index (κ1) is 75.9. The van der Waals surface area contributed by atoms with Gasteiger partial charge in [-0.1, -0.05) is 380 Å². The van der Waals surface area contributed by atoms with Crippen molar-refractivity contribution in [3.8, 4) is 0 Å². The van der Waals surface area contributed by atoms with E-state index in [0.717, 1.165) is 38.5 Å². The lowest BCUT2D eigenvalue weighted by Gasteiger charge is -2.22. The number of carbonyl (C=O) groups excluding carboxylic acids is 2. The summed E-state index contributed by atoms with van der Waals surface area (Å²) >= 11 is 0. The number of amides is 1. The molecular weight excluding hydrogens is 947 g/mol. The zero-order valence-electron chi connectivity index (χ0n) is 52.7. The Balaban J connectivity index is 3.27. The van der Waals surface area contributed by atoms with Gasteiger partial charge in [-0.25, -0.2) is 0 Å². The van der Waals surface area contributed by atoms with Gasteiger partial charge in [0.15, 0.2) is 0 Å².